The zero-order chi connectivity index (χ0) is 13.8. The molecule has 0 fully saturated rings. The maximum Gasteiger partial charge on any atom is 0.338 e. The number of nitrogens with zero attached hydrogens (tertiary/aromatic N) is 1. The minimum atomic E-state index is -0.947. The van der Waals surface area contributed by atoms with E-state index in [0.29, 0.717) is 16.7 Å². The van der Waals surface area contributed by atoms with Crippen molar-refractivity contribution in [2.24, 2.45) is 0 Å². The summed E-state index contributed by atoms with van der Waals surface area (Å²) in [5.74, 6) is -0.711. The Hall–Kier alpha value is -1.40. The van der Waals surface area contributed by atoms with Crippen LogP contribution in [-0.2, 0) is 0 Å². The van der Waals surface area contributed by atoms with Gasteiger partial charge in [0.25, 0.3) is 0 Å². The van der Waals surface area contributed by atoms with Gasteiger partial charge in [-0.15, -0.1) is 11.3 Å². The van der Waals surface area contributed by atoms with E-state index < -0.39 is 5.97 Å². The van der Waals surface area contributed by atoms with Crippen LogP contribution < -0.4 is 5.32 Å². The third-order valence-electron chi connectivity index (χ3n) is 2.70. The van der Waals surface area contributed by atoms with Crippen molar-refractivity contribution in [1.82, 2.24) is 4.98 Å². The van der Waals surface area contributed by atoms with Crippen LogP contribution in [0.3, 0.4) is 0 Å². The Morgan fingerprint density at radius 1 is 1.58 bits per heavy atom. The van der Waals surface area contributed by atoms with E-state index in [4.69, 9.17) is 0 Å². The van der Waals surface area contributed by atoms with Crippen molar-refractivity contribution >= 4 is 38.9 Å². The molecule has 100 valence electrons. The second kappa shape index (κ2) is 6.16. The summed E-state index contributed by atoms with van der Waals surface area (Å²) in [4.78, 5) is 15.5. The van der Waals surface area contributed by atoms with Crippen molar-refractivity contribution in [2.45, 2.75) is 12.8 Å². The first-order valence-electron chi connectivity index (χ1n) is 5.74. The number of hydrogen-bond donors (Lipinski definition) is 2. The van der Waals surface area contributed by atoms with Crippen LogP contribution in [0.2, 0.25) is 0 Å². The molecular weight excluding hydrogens is 328 g/mol. The number of thiazole rings is 1. The fourth-order valence-electron chi connectivity index (χ4n) is 1.72. The Morgan fingerprint density at radius 2 is 2.37 bits per heavy atom. The zero-order valence-corrected chi connectivity index (χ0v) is 12.7. The lowest BCUT2D eigenvalue weighted by molar-refractivity contribution is 0.0697. The summed E-state index contributed by atoms with van der Waals surface area (Å²) in [6, 6.07) is 5.30. The molecular formula is C13H13BrN2O2S. The van der Waals surface area contributed by atoms with Crippen LogP contribution in [-0.4, -0.2) is 22.6 Å². The monoisotopic (exact) mass is 340 g/mol. The van der Waals surface area contributed by atoms with Crippen LogP contribution >= 0.6 is 27.3 Å². The van der Waals surface area contributed by atoms with Crippen LogP contribution in [0, 0.1) is 0 Å². The molecule has 6 heteroatoms. The minimum Gasteiger partial charge on any atom is -0.478 e. The molecule has 0 amide bonds. The summed E-state index contributed by atoms with van der Waals surface area (Å²) in [5.41, 5.74) is 0.874. The molecule has 1 heterocycles. The van der Waals surface area contributed by atoms with E-state index in [1.54, 1.807) is 29.7 Å². The summed E-state index contributed by atoms with van der Waals surface area (Å²) in [6.07, 6.45) is 1.78. The van der Waals surface area contributed by atoms with Crippen LogP contribution in [0.5, 0.6) is 0 Å². The fourth-order valence-corrected chi connectivity index (χ4v) is 2.95. The topological polar surface area (TPSA) is 62.2 Å². The van der Waals surface area contributed by atoms with Gasteiger partial charge in [-0.05, 0) is 28.1 Å². The van der Waals surface area contributed by atoms with Crippen molar-refractivity contribution in [3.05, 3.63) is 44.8 Å². The van der Waals surface area contributed by atoms with E-state index in [9.17, 15) is 9.90 Å². The number of aromatic nitrogens is 1. The number of halogens is 1. The predicted molar refractivity (Wildman–Crippen MR) is 80.1 cm³/mol. The van der Waals surface area contributed by atoms with Gasteiger partial charge in [-0.1, -0.05) is 13.0 Å². The largest absolute Gasteiger partial charge is 0.478 e. The second-order valence-electron chi connectivity index (χ2n) is 4.12. The molecule has 2 aromatic rings. The summed E-state index contributed by atoms with van der Waals surface area (Å²) < 4.78 is 0.576. The first-order chi connectivity index (χ1) is 9.09. The Balaban J connectivity index is 2.12. The quantitative estimate of drug-likeness (QED) is 0.868. The zero-order valence-electron chi connectivity index (χ0n) is 10.3. The molecule has 2 N–H and O–H groups in total. The number of nitrogens with one attached hydrogen (secondary N) is 1. The lowest BCUT2D eigenvalue weighted by Gasteiger charge is -2.14. The SMILES string of the molecule is CC(CNc1cccc(Br)c1C(=O)O)c1nccs1. The number of carbonyl (C=O) groups is 1. The molecule has 0 saturated carbocycles. The van der Waals surface area contributed by atoms with Gasteiger partial charge in [-0.2, -0.15) is 0 Å². The number of carboxylic acids is 1. The third kappa shape index (κ3) is 3.33. The highest BCUT2D eigenvalue weighted by Gasteiger charge is 2.15. The molecule has 19 heavy (non-hydrogen) atoms. The molecule has 0 aliphatic carbocycles. The van der Waals surface area contributed by atoms with Gasteiger partial charge >= 0.3 is 5.97 Å². The highest BCUT2D eigenvalue weighted by Crippen LogP contribution is 2.26. The maximum absolute atomic E-state index is 11.2. The van der Waals surface area contributed by atoms with Gasteiger partial charge in [-0.25, -0.2) is 9.78 Å². The normalized spacial score (nSPS) is 12.1. The van der Waals surface area contributed by atoms with Crippen LogP contribution in [0.4, 0.5) is 5.69 Å². The summed E-state index contributed by atoms with van der Waals surface area (Å²) in [5, 5.41) is 15.4. The average Bonchev–Trinajstić information content (AvgIpc) is 2.89. The molecule has 0 aliphatic rings. The molecule has 1 unspecified atom stereocenters. The van der Waals surface area contributed by atoms with Gasteiger partial charge in [0.05, 0.1) is 10.6 Å². The van der Waals surface area contributed by atoms with Crippen LogP contribution in [0.25, 0.3) is 0 Å². The third-order valence-corrected chi connectivity index (χ3v) is 4.37. The minimum absolute atomic E-state index is 0.237. The summed E-state index contributed by atoms with van der Waals surface area (Å²) in [6.45, 7) is 2.70. The molecule has 4 nitrogen and oxygen atoms in total. The van der Waals surface area contributed by atoms with Gasteiger partial charge in [0.2, 0.25) is 0 Å². The molecule has 0 saturated heterocycles. The standard InChI is InChI=1S/C13H13BrN2O2S/c1-8(12-15-5-6-19-12)7-16-10-4-2-3-9(14)11(10)13(17)18/h2-6,8,16H,7H2,1H3,(H,17,18). The second-order valence-corrected chi connectivity index (χ2v) is 5.90. The molecule has 1 atom stereocenters. The number of anilines is 1. The summed E-state index contributed by atoms with van der Waals surface area (Å²) >= 11 is 4.87. The van der Waals surface area contributed by atoms with Gasteiger partial charge in [0, 0.05) is 34.2 Å². The average molecular weight is 341 g/mol. The maximum atomic E-state index is 11.2. The number of carboxylic acid groups (broad SMARTS) is 1. The lowest BCUT2D eigenvalue weighted by Crippen LogP contribution is -2.13. The molecule has 0 spiro atoms. The smallest absolute Gasteiger partial charge is 0.338 e. The predicted octanol–water partition coefficient (Wildman–Crippen LogP) is 3.82. The van der Waals surface area contributed by atoms with E-state index in [1.165, 1.54) is 0 Å². The Labute approximate surface area is 123 Å². The van der Waals surface area contributed by atoms with Crippen LogP contribution in [0.1, 0.15) is 28.2 Å². The van der Waals surface area contributed by atoms with Gasteiger partial charge in [0.1, 0.15) is 0 Å². The van der Waals surface area contributed by atoms with Gasteiger partial charge in [0.15, 0.2) is 0 Å². The first kappa shape index (κ1) is 14.0. The van der Waals surface area contributed by atoms with Crippen molar-refractivity contribution in [3.8, 4) is 0 Å². The molecule has 0 bridgehead atoms. The van der Waals surface area contributed by atoms with Gasteiger partial charge < -0.3 is 10.4 Å². The molecule has 0 aliphatic heterocycles. The van der Waals surface area contributed by atoms with Crippen molar-refractivity contribution in [3.63, 3.8) is 0 Å². The Kier molecular flexibility index (Phi) is 4.55. The highest BCUT2D eigenvalue weighted by atomic mass is 79.9. The molecule has 0 radical (unpaired) electrons. The van der Waals surface area contributed by atoms with Crippen LogP contribution in [0.15, 0.2) is 34.2 Å². The summed E-state index contributed by atoms with van der Waals surface area (Å²) in [7, 11) is 0. The fraction of sp³-hybridized carbons (Fsp3) is 0.231. The number of aromatic carboxylic acids is 1. The van der Waals surface area contributed by atoms with E-state index in [1.807, 2.05) is 11.4 Å². The van der Waals surface area contributed by atoms with E-state index >= 15 is 0 Å². The van der Waals surface area contributed by atoms with E-state index in [-0.39, 0.29) is 11.5 Å². The number of benzene rings is 1. The molecule has 1 aromatic carbocycles. The lowest BCUT2D eigenvalue weighted by atomic mass is 10.1. The Bertz CT molecular complexity index is 572. The van der Waals surface area contributed by atoms with E-state index in [0.717, 1.165) is 5.01 Å². The molecule has 1 aromatic heterocycles. The van der Waals surface area contributed by atoms with Gasteiger partial charge in [-0.3, -0.25) is 0 Å². The number of hydrogen-bond acceptors (Lipinski definition) is 4. The van der Waals surface area contributed by atoms with Crippen molar-refractivity contribution in [2.75, 3.05) is 11.9 Å². The Morgan fingerprint density at radius 3 is 3.00 bits per heavy atom. The van der Waals surface area contributed by atoms with Crippen molar-refractivity contribution in [1.29, 1.82) is 0 Å². The first-order valence-corrected chi connectivity index (χ1v) is 7.42. The molecule has 2 rings (SSSR count). The van der Waals surface area contributed by atoms with E-state index in [2.05, 4.69) is 33.2 Å². The highest BCUT2D eigenvalue weighted by molar-refractivity contribution is 9.10. The number of rotatable bonds is 5. The van der Waals surface area contributed by atoms with Crippen molar-refractivity contribution < 1.29 is 9.90 Å².